The van der Waals surface area contributed by atoms with Crippen molar-refractivity contribution in [2.24, 2.45) is 11.8 Å². The van der Waals surface area contributed by atoms with Gasteiger partial charge in [-0.2, -0.15) is 0 Å². The maximum Gasteiger partial charge on any atom is 0.308 e. The number of nitro groups is 1. The molecule has 0 aliphatic rings. The van der Waals surface area contributed by atoms with Crippen molar-refractivity contribution in [1.82, 2.24) is 5.32 Å². The number of hydrogen-bond acceptors (Lipinski definition) is 4. The van der Waals surface area contributed by atoms with Crippen LogP contribution in [0.15, 0.2) is 18.2 Å². The molecule has 0 heterocycles. The van der Waals surface area contributed by atoms with Gasteiger partial charge in [-0.3, -0.25) is 19.7 Å². The number of nitrogens with one attached hydrogen (secondary N) is 1. The number of benzene rings is 1. The van der Waals surface area contributed by atoms with Crippen molar-refractivity contribution in [3.05, 3.63) is 39.7 Å². The SMILES string of the molecule is CC(C)C(CNC(=O)c1cc(F)cc([N+](=O)[O-])c1)C(=O)O. The molecule has 0 saturated heterocycles. The predicted molar refractivity (Wildman–Crippen MR) is 71.4 cm³/mol. The topological polar surface area (TPSA) is 110 Å². The van der Waals surface area contributed by atoms with Crippen LogP contribution in [0.25, 0.3) is 0 Å². The number of carbonyl (C=O) groups excluding carboxylic acids is 1. The first-order valence-electron chi connectivity index (χ1n) is 6.18. The third-order valence-corrected chi connectivity index (χ3v) is 2.96. The summed E-state index contributed by atoms with van der Waals surface area (Å²) in [5, 5.41) is 21.9. The highest BCUT2D eigenvalue weighted by Gasteiger charge is 2.23. The minimum absolute atomic E-state index is 0.143. The largest absolute Gasteiger partial charge is 0.481 e. The summed E-state index contributed by atoms with van der Waals surface area (Å²) in [4.78, 5) is 32.6. The van der Waals surface area contributed by atoms with Gasteiger partial charge in [-0.15, -0.1) is 0 Å². The second-order valence-corrected chi connectivity index (χ2v) is 4.85. The van der Waals surface area contributed by atoms with Crippen LogP contribution in [0.4, 0.5) is 10.1 Å². The maximum absolute atomic E-state index is 13.2. The summed E-state index contributed by atoms with van der Waals surface area (Å²) in [6.45, 7) is 3.24. The average molecular weight is 298 g/mol. The number of halogens is 1. The van der Waals surface area contributed by atoms with Crippen LogP contribution in [0, 0.1) is 27.8 Å². The fourth-order valence-corrected chi connectivity index (χ4v) is 1.72. The highest BCUT2D eigenvalue weighted by molar-refractivity contribution is 5.95. The molecule has 0 saturated carbocycles. The highest BCUT2D eigenvalue weighted by Crippen LogP contribution is 2.16. The zero-order valence-electron chi connectivity index (χ0n) is 11.5. The van der Waals surface area contributed by atoms with Gasteiger partial charge in [-0.1, -0.05) is 13.8 Å². The average Bonchev–Trinajstić information content (AvgIpc) is 2.36. The quantitative estimate of drug-likeness (QED) is 0.615. The van der Waals surface area contributed by atoms with Crippen LogP contribution in [0.1, 0.15) is 24.2 Å². The van der Waals surface area contributed by atoms with E-state index in [4.69, 9.17) is 5.11 Å². The monoisotopic (exact) mass is 298 g/mol. The Labute approximate surface area is 119 Å². The molecule has 2 N–H and O–H groups in total. The number of non-ortho nitro benzene ring substituents is 1. The molecule has 0 spiro atoms. The third kappa shape index (κ3) is 4.51. The molecule has 7 nitrogen and oxygen atoms in total. The van der Waals surface area contributed by atoms with Gasteiger partial charge >= 0.3 is 5.97 Å². The second kappa shape index (κ2) is 6.78. The van der Waals surface area contributed by atoms with Gasteiger partial charge in [0.05, 0.1) is 16.9 Å². The van der Waals surface area contributed by atoms with Crippen LogP contribution in [0.3, 0.4) is 0 Å². The number of carboxylic acids is 1. The van der Waals surface area contributed by atoms with E-state index in [-0.39, 0.29) is 18.0 Å². The Morgan fingerprint density at radius 3 is 2.48 bits per heavy atom. The van der Waals surface area contributed by atoms with Crippen LogP contribution < -0.4 is 5.32 Å². The Bertz CT molecular complexity index is 574. The lowest BCUT2D eigenvalue weighted by Crippen LogP contribution is -2.35. The number of amides is 1. The van der Waals surface area contributed by atoms with Gasteiger partial charge in [0.15, 0.2) is 0 Å². The summed E-state index contributed by atoms with van der Waals surface area (Å²) in [6.07, 6.45) is 0. The fourth-order valence-electron chi connectivity index (χ4n) is 1.72. The molecule has 1 rings (SSSR count). The van der Waals surface area contributed by atoms with E-state index in [0.29, 0.717) is 6.07 Å². The Hall–Kier alpha value is -2.51. The van der Waals surface area contributed by atoms with Gasteiger partial charge in [-0.25, -0.2) is 4.39 Å². The number of carbonyl (C=O) groups is 2. The first-order chi connectivity index (χ1) is 9.72. The molecule has 0 fully saturated rings. The first-order valence-corrected chi connectivity index (χ1v) is 6.18. The molecule has 21 heavy (non-hydrogen) atoms. The number of carboxylic acid groups (broad SMARTS) is 1. The lowest BCUT2D eigenvalue weighted by Gasteiger charge is -2.16. The van der Waals surface area contributed by atoms with Crippen LogP contribution in [0.5, 0.6) is 0 Å². The molecule has 8 heteroatoms. The molecule has 1 amide bonds. The van der Waals surface area contributed by atoms with Gasteiger partial charge in [0, 0.05) is 18.2 Å². The first kappa shape index (κ1) is 16.5. The van der Waals surface area contributed by atoms with Gasteiger partial charge < -0.3 is 10.4 Å². The zero-order valence-corrected chi connectivity index (χ0v) is 11.5. The summed E-state index contributed by atoms with van der Waals surface area (Å²) in [7, 11) is 0. The molecule has 114 valence electrons. The summed E-state index contributed by atoms with van der Waals surface area (Å²) in [5.41, 5.74) is -0.770. The number of aliphatic carboxylic acids is 1. The molecular weight excluding hydrogens is 283 g/mol. The van der Waals surface area contributed by atoms with E-state index in [1.54, 1.807) is 13.8 Å². The number of hydrogen-bond donors (Lipinski definition) is 2. The summed E-state index contributed by atoms with van der Waals surface area (Å²) in [5.74, 6) is -3.73. The molecule has 0 aromatic heterocycles. The molecule has 1 unspecified atom stereocenters. The van der Waals surface area contributed by atoms with Crippen molar-refractivity contribution in [3.63, 3.8) is 0 Å². The number of rotatable bonds is 6. The predicted octanol–water partition coefficient (Wildman–Crippen LogP) is 1.82. The van der Waals surface area contributed by atoms with Crippen LogP contribution >= 0.6 is 0 Å². The van der Waals surface area contributed by atoms with Crippen molar-refractivity contribution in [1.29, 1.82) is 0 Å². The van der Waals surface area contributed by atoms with Crippen LogP contribution in [-0.4, -0.2) is 28.5 Å². The molecule has 0 bridgehead atoms. The summed E-state index contributed by atoms with van der Waals surface area (Å²) in [6, 6.07) is 2.49. The van der Waals surface area contributed by atoms with Gasteiger partial charge in [0.1, 0.15) is 5.82 Å². The van der Waals surface area contributed by atoms with E-state index in [2.05, 4.69) is 5.32 Å². The van der Waals surface area contributed by atoms with E-state index in [1.807, 2.05) is 0 Å². The van der Waals surface area contributed by atoms with Crippen molar-refractivity contribution >= 4 is 17.6 Å². The van der Waals surface area contributed by atoms with E-state index in [9.17, 15) is 24.1 Å². The van der Waals surface area contributed by atoms with Crippen LogP contribution in [-0.2, 0) is 4.79 Å². The van der Waals surface area contributed by atoms with Gasteiger partial charge in [0.25, 0.3) is 11.6 Å². The second-order valence-electron chi connectivity index (χ2n) is 4.85. The van der Waals surface area contributed by atoms with Gasteiger partial charge in [-0.05, 0) is 12.0 Å². The maximum atomic E-state index is 13.2. The van der Waals surface area contributed by atoms with E-state index < -0.39 is 34.2 Å². The molecule has 0 radical (unpaired) electrons. The zero-order chi connectivity index (χ0) is 16.2. The van der Waals surface area contributed by atoms with Crippen molar-refractivity contribution in [3.8, 4) is 0 Å². The Kier molecular flexibility index (Phi) is 5.34. The van der Waals surface area contributed by atoms with E-state index in [1.165, 1.54) is 0 Å². The van der Waals surface area contributed by atoms with E-state index >= 15 is 0 Å². The Morgan fingerprint density at radius 2 is 2.00 bits per heavy atom. The minimum Gasteiger partial charge on any atom is -0.481 e. The molecule has 0 aliphatic heterocycles. The lowest BCUT2D eigenvalue weighted by molar-refractivity contribution is -0.385. The van der Waals surface area contributed by atoms with Crippen molar-refractivity contribution in [2.75, 3.05) is 6.54 Å². The lowest BCUT2D eigenvalue weighted by atomic mass is 9.96. The highest BCUT2D eigenvalue weighted by atomic mass is 19.1. The summed E-state index contributed by atoms with van der Waals surface area (Å²) >= 11 is 0. The third-order valence-electron chi connectivity index (χ3n) is 2.96. The summed E-state index contributed by atoms with van der Waals surface area (Å²) < 4.78 is 13.2. The standard InChI is InChI=1S/C13H15FN2O5/c1-7(2)11(13(18)19)6-15-12(17)8-3-9(14)5-10(4-8)16(20)21/h3-5,7,11H,6H2,1-2H3,(H,15,17)(H,18,19). The number of nitrogens with zero attached hydrogens (tertiary/aromatic N) is 1. The molecule has 1 atom stereocenters. The molecule has 1 aromatic carbocycles. The smallest absolute Gasteiger partial charge is 0.308 e. The molecule has 1 aromatic rings. The molecule has 0 aliphatic carbocycles. The van der Waals surface area contributed by atoms with Gasteiger partial charge in [0.2, 0.25) is 0 Å². The van der Waals surface area contributed by atoms with Crippen molar-refractivity contribution < 1.29 is 24.0 Å². The molecular formula is C13H15FN2O5. The van der Waals surface area contributed by atoms with E-state index in [0.717, 1.165) is 12.1 Å². The van der Waals surface area contributed by atoms with Crippen LogP contribution in [0.2, 0.25) is 0 Å². The van der Waals surface area contributed by atoms with Crippen molar-refractivity contribution in [2.45, 2.75) is 13.8 Å². The minimum atomic E-state index is -1.06. The normalized spacial score (nSPS) is 12.0. The number of nitro benzene ring substituents is 1. The Morgan fingerprint density at radius 1 is 1.38 bits per heavy atom. The fraction of sp³-hybridized carbons (Fsp3) is 0.385. The Balaban J connectivity index is 2.85.